The van der Waals surface area contributed by atoms with E-state index in [0.29, 0.717) is 17.7 Å². The normalized spacial score (nSPS) is 11.8. The third-order valence-corrected chi connectivity index (χ3v) is 6.95. The molecule has 1 atom stereocenters. The van der Waals surface area contributed by atoms with Crippen molar-refractivity contribution in [2.75, 3.05) is 17.7 Å². The summed E-state index contributed by atoms with van der Waals surface area (Å²) in [6.45, 7) is 9.00. The molecule has 0 spiro atoms. The molecule has 4 rings (SSSR count). The van der Waals surface area contributed by atoms with Crippen molar-refractivity contribution in [3.05, 3.63) is 83.9 Å². The van der Waals surface area contributed by atoms with Crippen LogP contribution in [0.25, 0.3) is 17.1 Å². The largest absolute Gasteiger partial charge is 0.494 e. The van der Waals surface area contributed by atoms with Crippen molar-refractivity contribution in [3.63, 3.8) is 0 Å². The number of ether oxygens (including phenoxy) is 1. The highest BCUT2D eigenvalue weighted by molar-refractivity contribution is 7.99. The minimum Gasteiger partial charge on any atom is -0.494 e. The number of benzene rings is 3. The second kappa shape index (κ2) is 11.9. The van der Waals surface area contributed by atoms with Crippen LogP contribution in [0.15, 0.2) is 78.0 Å². The van der Waals surface area contributed by atoms with E-state index in [4.69, 9.17) is 4.74 Å². The van der Waals surface area contributed by atoms with E-state index in [9.17, 15) is 4.79 Å². The SMILES string of the molecule is CCOc1ccc(-n2c(SCC(=O)Nc3ccc(C(C)CC)cc3)nnc2-c2cccc(C)c2)cc1. The smallest absolute Gasteiger partial charge is 0.234 e. The molecule has 0 bridgehead atoms. The second-order valence-electron chi connectivity index (χ2n) is 8.71. The fourth-order valence-electron chi connectivity index (χ4n) is 3.88. The summed E-state index contributed by atoms with van der Waals surface area (Å²) in [5, 5.41) is 12.6. The Balaban J connectivity index is 1.54. The molecule has 1 unspecified atom stereocenters. The number of hydrogen-bond acceptors (Lipinski definition) is 5. The number of aromatic nitrogens is 3. The number of anilines is 1. The van der Waals surface area contributed by atoms with Crippen molar-refractivity contribution < 1.29 is 9.53 Å². The van der Waals surface area contributed by atoms with Gasteiger partial charge in [-0.05, 0) is 74.2 Å². The molecular weight excluding hydrogens is 468 g/mol. The molecule has 36 heavy (non-hydrogen) atoms. The van der Waals surface area contributed by atoms with Crippen LogP contribution in [0.3, 0.4) is 0 Å². The van der Waals surface area contributed by atoms with Crippen LogP contribution in [-0.4, -0.2) is 33.0 Å². The summed E-state index contributed by atoms with van der Waals surface area (Å²) >= 11 is 1.36. The fraction of sp³-hybridized carbons (Fsp3) is 0.276. The number of amides is 1. The van der Waals surface area contributed by atoms with Gasteiger partial charge in [0.2, 0.25) is 5.91 Å². The highest BCUT2D eigenvalue weighted by Gasteiger charge is 2.18. The van der Waals surface area contributed by atoms with Gasteiger partial charge in [-0.3, -0.25) is 9.36 Å². The summed E-state index contributed by atoms with van der Waals surface area (Å²) in [4.78, 5) is 12.7. The van der Waals surface area contributed by atoms with E-state index in [1.165, 1.54) is 17.3 Å². The van der Waals surface area contributed by atoms with Gasteiger partial charge in [-0.15, -0.1) is 10.2 Å². The molecule has 6 nitrogen and oxygen atoms in total. The number of carbonyl (C=O) groups excluding carboxylic acids is 1. The van der Waals surface area contributed by atoms with Crippen molar-refractivity contribution in [3.8, 4) is 22.8 Å². The number of thioether (sulfide) groups is 1. The van der Waals surface area contributed by atoms with Crippen molar-refractivity contribution in [2.45, 2.75) is 45.2 Å². The Morgan fingerprint density at radius 1 is 1.03 bits per heavy atom. The first-order valence-electron chi connectivity index (χ1n) is 12.3. The monoisotopic (exact) mass is 500 g/mol. The molecule has 4 aromatic rings. The summed E-state index contributed by atoms with van der Waals surface area (Å²) < 4.78 is 7.59. The van der Waals surface area contributed by atoms with Crippen LogP contribution >= 0.6 is 11.8 Å². The summed E-state index contributed by atoms with van der Waals surface area (Å²) in [6.07, 6.45) is 1.09. The maximum Gasteiger partial charge on any atom is 0.234 e. The van der Waals surface area contributed by atoms with Gasteiger partial charge in [0.1, 0.15) is 5.75 Å². The average molecular weight is 501 g/mol. The molecule has 1 amide bonds. The van der Waals surface area contributed by atoms with Gasteiger partial charge in [-0.25, -0.2) is 0 Å². The van der Waals surface area contributed by atoms with E-state index in [0.717, 1.165) is 40.5 Å². The quantitative estimate of drug-likeness (QED) is 0.240. The van der Waals surface area contributed by atoms with Crippen molar-refractivity contribution >= 4 is 23.4 Å². The molecule has 7 heteroatoms. The van der Waals surface area contributed by atoms with Gasteiger partial charge < -0.3 is 10.1 Å². The molecule has 0 aliphatic heterocycles. The van der Waals surface area contributed by atoms with Crippen LogP contribution in [0.1, 0.15) is 44.2 Å². The zero-order valence-electron chi connectivity index (χ0n) is 21.2. The molecule has 186 valence electrons. The number of nitrogens with zero attached hydrogens (tertiary/aromatic N) is 3. The maximum atomic E-state index is 12.7. The van der Waals surface area contributed by atoms with Gasteiger partial charge in [0.15, 0.2) is 11.0 Å². The van der Waals surface area contributed by atoms with Gasteiger partial charge in [0, 0.05) is 16.9 Å². The fourth-order valence-corrected chi connectivity index (χ4v) is 4.64. The second-order valence-corrected chi connectivity index (χ2v) is 9.65. The molecule has 1 heterocycles. The first kappa shape index (κ1) is 25.5. The number of carbonyl (C=O) groups is 1. The first-order chi connectivity index (χ1) is 17.5. The van der Waals surface area contributed by atoms with Crippen LogP contribution in [0.4, 0.5) is 5.69 Å². The van der Waals surface area contributed by atoms with Gasteiger partial charge in [-0.1, -0.05) is 61.5 Å². The molecule has 0 radical (unpaired) electrons. The summed E-state index contributed by atoms with van der Waals surface area (Å²) in [7, 11) is 0. The maximum absolute atomic E-state index is 12.7. The minimum atomic E-state index is -0.0883. The predicted molar refractivity (Wildman–Crippen MR) is 147 cm³/mol. The van der Waals surface area contributed by atoms with Gasteiger partial charge in [-0.2, -0.15) is 0 Å². The van der Waals surface area contributed by atoms with E-state index in [1.807, 2.05) is 60.0 Å². The number of rotatable bonds is 10. The topological polar surface area (TPSA) is 69.0 Å². The van der Waals surface area contributed by atoms with Gasteiger partial charge in [0.05, 0.1) is 12.4 Å². The summed E-state index contributed by atoms with van der Waals surface area (Å²) in [5.74, 6) is 2.16. The molecule has 1 N–H and O–H groups in total. The lowest BCUT2D eigenvalue weighted by Crippen LogP contribution is -2.14. The van der Waals surface area contributed by atoms with Crippen LogP contribution in [0, 0.1) is 6.92 Å². The van der Waals surface area contributed by atoms with Crippen molar-refractivity contribution in [1.82, 2.24) is 14.8 Å². The Hall–Kier alpha value is -3.58. The molecule has 0 aliphatic carbocycles. The van der Waals surface area contributed by atoms with E-state index in [-0.39, 0.29) is 11.7 Å². The van der Waals surface area contributed by atoms with Crippen LogP contribution < -0.4 is 10.1 Å². The van der Waals surface area contributed by atoms with E-state index < -0.39 is 0 Å². The predicted octanol–water partition coefficient (Wildman–Crippen LogP) is 6.89. The minimum absolute atomic E-state index is 0.0883. The highest BCUT2D eigenvalue weighted by atomic mass is 32.2. The summed E-state index contributed by atoms with van der Waals surface area (Å²) in [5.41, 5.74) is 5.08. The molecule has 0 fully saturated rings. The lowest BCUT2D eigenvalue weighted by atomic mass is 9.99. The third-order valence-electron chi connectivity index (χ3n) is 6.02. The Kier molecular flexibility index (Phi) is 8.44. The molecule has 0 saturated heterocycles. The molecule has 0 aliphatic rings. The first-order valence-corrected chi connectivity index (χ1v) is 13.2. The Morgan fingerprint density at radius 2 is 1.78 bits per heavy atom. The number of aryl methyl sites for hydroxylation is 1. The Morgan fingerprint density at radius 3 is 2.44 bits per heavy atom. The standard InChI is InChI=1S/C29H32N4O2S/c1-5-21(4)22-10-12-24(13-11-22)30-27(34)19-36-29-32-31-28(23-9-7-8-20(3)18-23)33(29)25-14-16-26(17-15-25)35-6-2/h7-18,21H,5-6,19H2,1-4H3,(H,30,34). The zero-order valence-corrected chi connectivity index (χ0v) is 22.0. The van der Waals surface area contributed by atoms with Gasteiger partial charge in [0.25, 0.3) is 0 Å². The number of hydrogen-bond donors (Lipinski definition) is 1. The third kappa shape index (κ3) is 6.15. The Labute approximate surface area is 217 Å². The molecule has 0 saturated carbocycles. The van der Waals surface area contributed by atoms with E-state index in [2.05, 4.69) is 60.6 Å². The Bertz CT molecular complexity index is 1300. The molecule has 1 aromatic heterocycles. The van der Waals surface area contributed by atoms with Crippen LogP contribution in [0.5, 0.6) is 5.75 Å². The van der Waals surface area contributed by atoms with Crippen molar-refractivity contribution in [1.29, 1.82) is 0 Å². The lowest BCUT2D eigenvalue weighted by molar-refractivity contribution is -0.113. The van der Waals surface area contributed by atoms with Gasteiger partial charge >= 0.3 is 0 Å². The van der Waals surface area contributed by atoms with Crippen LogP contribution in [-0.2, 0) is 4.79 Å². The summed E-state index contributed by atoms with van der Waals surface area (Å²) in [6, 6.07) is 24.1. The number of nitrogens with one attached hydrogen (secondary N) is 1. The lowest BCUT2D eigenvalue weighted by Gasteiger charge is -2.12. The van der Waals surface area contributed by atoms with E-state index >= 15 is 0 Å². The zero-order chi connectivity index (χ0) is 25.5. The van der Waals surface area contributed by atoms with Crippen LogP contribution in [0.2, 0.25) is 0 Å². The molecular formula is C29H32N4O2S. The highest BCUT2D eigenvalue weighted by Crippen LogP contribution is 2.29. The van der Waals surface area contributed by atoms with Crippen molar-refractivity contribution in [2.24, 2.45) is 0 Å². The average Bonchev–Trinajstić information content (AvgIpc) is 3.32. The van der Waals surface area contributed by atoms with E-state index in [1.54, 1.807) is 0 Å². The molecule has 3 aromatic carbocycles.